The van der Waals surface area contributed by atoms with Crippen LogP contribution in [0.1, 0.15) is 0 Å². The molecule has 0 aliphatic carbocycles. The fourth-order valence-electron chi connectivity index (χ4n) is 1.04. The minimum absolute atomic E-state index is 0.150. The van der Waals surface area contributed by atoms with Crippen LogP contribution in [0.4, 0.5) is 0 Å². The van der Waals surface area contributed by atoms with Gasteiger partial charge >= 0.3 is 0 Å². The largest absolute Gasteiger partial charge is 0.497 e. The Kier molecular flexibility index (Phi) is 4.65. The molecule has 4 heteroatoms. The molecule has 0 atom stereocenters. The molecule has 1 aromatic carbocycles. The molecule has 0 aliphatic heterocycles. The first-order chi connectivity index (χ1) is 6.80. The van der Waals surface area contributed by atoms with Crippen molar-refractivity contribution in [1.82, 2.24) is 0 Å². The Morgan fingerprint density at radius 3 is 2.00 bits per heavy atom. The number of rotatable bonds is 5. The second kappa shape index (κ2) is 5.80. The quantitative estimate of drug-likeness (QED) is 0.526. The number of hydrogen-bond donors (Lipinski definition) is 0. The summed E-state index contributed by atoms with van der Waals surface area (Å²) >= 11 is 0. The summed E-state index contributed by atoms with van der Waals surface area (Å²) in [7, 11) is 5.44. The fraction of sp³-hybridized carbons (Fsp3) is 0.400. The molecule has 0 unspecified atom stereocenters. The van der Waals surface area contributed by atoms with E-state index in [1.165, 1.54) is 5.19 Å². The van der Waals surface area contributed by atoms with Crippen molar-refractivity contribution >= 4 is 14.7 Å². The molecule has 0 aromatic heterocycles. The Morgan fingerprint density at radius 1 is 1.00 bits per heavy atom. The van der Waals surface area contributed by atoms with Crippen molar-refractivity contribution in [2.75, 3.05) is 21.3 Å². The first-order valence-electron chi connectivity index (χ1n) is 4.26. The molecule has 1 rings (SSSR count). The van der Waals surface area contributed by atoms with Crippen LogP contribution in [-0.4, -0.2) is 36.8 Å². The van der Waals surface area contributed by atoms with Crippen LogP contribution in [-0.2, 0) is 9.47 Å². The molecule has 14 heavy (non-hydrogen) atoms. The zero-order valence-electron chi connectivity index (χ0n) is 8.61. The summed E-state index contributed by atoms with van der Waals surface area (Å²) in [6.45, 7) is 0. The van der Waals surface area contributed by atoms with Crippen LogP contribution in [0.3, 0.4) is 0 Å². The molecule has 0 saturated heterocycles. The molecule has 0 spiro atoms. The number of methoxy groups -OCH3 is 3. The highest BCUT2D eigenvalue weighted by Gasteiger charge is 2.07. The zero-order valence-corrected chi connectivity index (χ0v) is 9.61. The van der Waals surface area contributed by atoms with E-state index in [1.54, 1.807) is 21.3 Å². The Balaban J connectivity index is 2.58. The van der Waals surface area contributed by atoms with Crippen molar-refractivity contribution < 1.29 is 14.2 Å². The van der Waals surface area contributed by atoms with E-state index in [1.807, 2.05) is 24.3 Å². The van der Waals surface area contributed by atoms with Gasteiger partial charge in [-0.05, 0) is 12.1 Å². The van der Waals surface area contributed by atoms with Gasteiger partial charge in [0, 0.05) is 14.2 Å². The van der Waals surface area contributed by atoms with Crippen LogP contribution in [0.5, 0.6) is 5.75 Å². The predicted molar refractivity (Wildman–Crippen MR) is 56.2 cm³/mol. The van der Waals surface area contributed by atoms with Gasteiger partial charge in [0.25, 0.3) is 0 Å². The summed E-state index contributed by atoms with van der Waals surface area (Å²) in [5.41, 5.74) is 0. The van der Waals surface area contributed by atoms with Crippen LogP contribution < -0.4 is 9.92 Å². The van der Waals surface area contributed by atoms with E-state index >= 15 is 0 Å². The molecule has 0 N–H and O–H groups in total. The lowest BCUT2D eigenvalue weighted by atomic mass is 10.3. The van der Waals surface area contributed by atoms with Crippen molar-refractivity contribution in [3.05, 3.63) is 24.3 Å². The van der Waals surface area contributed by atoms with Gasteiger partial charge < -0.3 is 14.2 Å². The van der Waals surface area contributed by atoms with Gasteiger partial charge in [-0.25, -0.2) is 0 Å². The third-order valence-corrected chi connectivity index (χ3v) is 3.18. The normalized spacial score (nSPS) is 10.6. The minimum Gasteiger partial charge on any atom is -0.497 e. The third kappa shape index (κ3) is 3.14. The molecule has 0 fully saturated rings. The Labute approximate surface area is 86.8 Å². The second-order valence-electron chi connectivity index (χ2n) is 2.68. The van der Waals surface area contributed by atoms with E-state index in [0.717, 1.165) is 5.75 Å². The molecular weight excluding hydrogens is 196 g/mol. The zero-order chi connectivity index (χ0) is 10.4. The number of ether oxygens (including phenoxy) is 3. The number of benzene rings is 1. The lowest BCUT2D eigenvalue weighted by molar-refractivity contribution is -0.0429. The van der Waals surface area contributed by atoms with Gasteiger partial charge in [-0.3, -0.25) is 0 Å². The third-order valence-electron chi connectivity index (χ3n) is 1.80. The highest BCUT2D eigenvalue weighted by atomic mass is 28.2. The Hall–Kier alpha value is -0.843. The van der Waals surface area contributed by atoms with E-state index in [9.17, 15) is 0 Å². The Bertz CT molecular complexity index is 257. The van der Waals surface area contributed by atoms with Crippen molar-refractivity contribution in [3.63, 3.8) is 0 Å². The highest BCUT2D eigenvalue weighted by Crippen LogP contribution is 2.05. The summed E-state index contributed by atoms with van der Waals surface area (Å²) in [6.07, 6.45) is 0. The SMILES string of the molecule is COc1ccc([Si]C(OC)OC)cc1. The van der Waals surface area contributed by atoms with E-state index in [4.69, 9.17) is 14.2 Å². The predicted octanol–water partition coefficient (Wildman–Crippen LogP) is 0.601. The molecule has 0 bridgehead atoms. The molecule has 0 amide bonds. The minimum atomic E-state index is -0.150. The highest BCUT2D eigenvalue weighted by molar-refractivity contribution is 6.54. The molecule has 3 nitrogen and oxygen atoms in total. The summed E-state index contributed by atoms with van der Waals surface area (Å²) < 4.78 is 15.3. The van der Waals surface area contributed by atoms with Gasteiger partial charge in [0.1, 0.15) is 11.7 Å². The van der Waals surface area contributed by atoms with Gasteiger partial charge in [0.2, 0.25) is 0 Å². The van der Waals surface area contributed by atoms with Crippen molar-refractivity contribution in [3.8, 4) is 5.75 Å². The molecule has 76 valence electrons. The average molecular weight is 210 g/mol. The monoisotopic (exact) mass is 210 g/mol. The molecular formula is C10H14O3Si. The topological polar surface area (TPSA) is 27.7 Å². The van der Waals surface area contributed by atoms with Gasteiger partial charge in [-0.15, -0.1) is 0 Å². The smallest absolute Gasteiger partial charge is 0.157 e. The fourth-order valence-corrected chi connectivity index (χ4v) is 1.90. The molecule has 0 heterocycles. The van der Waals surface area contributed by atoms with E-state index in [0.29, 0.717) is 9.52 Å². The first-order valence-corrected chi connectivity index (χ1v) is 5.34. The molecule has 0 saturated carbocycles. The van der Waals surface area contributed by atoms with Crippen molar-refractivity contribution in [2.24, 2.45) is 0 Å². The lowest BCUT2D eigenvalue weighted by Gasteiger charge is -2.12. The van der Waals surface area contributed by atoms with Gasteiger partial charge in [-0.2, -0.15) is 0 Å². The van der Waals surface area contributed by atoms with Crippen molar-refractivity contribution in [1.29, 1.82) is 0 Å². The Morgan fingerprint density at radius 2 is 1.57 bits per heavy atom. The average Bonchev–Trinajstić information content (AvgIpc) is 2.26. The summed E-state index contributed by atoms with van der Waals surface area (Å²) in [5, 5.41) is 1.19. The van der Waals surface area contributed by atoms with Gasteiger partial charge in [-0.1, -0.05) is 17.3 Å². The van der Waals surface area contributed by atoms with Crippen LogP contribution >= 0.6 is 0 Å². The van der Waals surface area contributed by atoms with Crippen molar-refractivity contribution in [2.45, 2.75) is 5.91 Å². The van der Waals surface area contributed by atoms with E-state index in [-0.39, 0.29) is 5.91 Å². The maximum atomic E-state index is 5.12. The van der Waals surface area contributed by atoms with E-state index in [2.05, 4.69) is 0 Å². The van der Waals surface area contributed by atoms with Gasteiger partial charge in [0.15, 0.2) is 9.52 Å². The summed E-state index contributed by atoms with van der Waals surface area (Å²) in [5.74, 6) is 0.716. The second-order valence-corrected chi connectivity index (χ2v) is 4.01. The van der Waals surface area contributed by atoms with Crippen LogP contribution in [0.25, 0.3) is 0 Å². The first kappa shape index (κ1) is 11.2. The summed E-state index contributed by atoms with van der Waals surface area (Å²) in [6, 6.07) is 7.90. The van der Waals surface area contributed by atoms with Crippen LogP contribution in [0, 0.1) is 0 Å². The maximum Gasteiger partial charge on any atom is 0.157 e. The molecule has 0 aliphatic rings. The van der Waals surface area contributed by atoms with Crippen LogP contribution in [0.2, 0.25) is 0 Å². The molecule has 2 radical (unpaired) electrons. The van der Waals surface area contributed by atoms with Gasteiger partial charge in [0.05, 0.1) is 7.11 Å². The maximum absolute atomic E-state index is 5.12. The summed E-state index contributed by atoms with van der Waals surface area (Å²) in [4.78, 5) is 0. The standard InChI is InChI=1S/C10H14O3Si/c1-11-8-4-6-9(7-5-8)14-10(12-2)13-3/h4-7,10H,1-3H3. The number of hydrogen-bond acceptors (Lipinski definition) is 3. The molecule has 1 aromatic rings. The van der Waals surface area contributed by atoms with E-state index < -0.39 is 0 Å². The lowest BCUT2D eigenvalue weighted by Crippen LogP contribution is -2.30. The van der Waals surface area contributed by atoms with Crippen LogP contribution in [0.15, 0.2) is 24.3 Å².